The van der Waals surface area contributed by atoms with Gasteiger partial charge >= 0.3 is 5.69 Å². The van der Waals surface area contributed by atoms with E-state index in [-0.39, 0.29) is 17.8 Å². The molecular formula is C15H15F2N5O2. The first-order chi connectivity index (χ1) is 11.5. The van der Waals surface area contributed by atoms with Gasteiger partial charge in [-0.05, 0) is 24.3 Å². The summed E-state index contributed by atoms with van der Waals surface area (Å²) < 4.78 is 28.7. The van der Waals surface area contributed by atoms with Crippen molar-refractivity contribution >= 4 is 16.9 Å². The number of fused-ring (bicyclic) bond motifs is 1. The molecule has 2 aromatic heterocycles. The highest BCUT2D eigenvalue weighted by Crippen LogP contribution is 2.15. The first-order valence-electron chi connectivity index (χ1n) is 7.21. The highest BCUT2D eigenvalue weighted by molar-refractivity contribution is 5.97. The quantitative estimate of drug-likeness (QED) is 0.737. The smallest absolute Gasteiger partial charge is 0.326 e. The Labute approximate surface area is 134 Å². The van der Waals surface area contributed by atoms with Crippen LogP contribution in [0.3, 0.4) is 0 Å². The van der Waals surface area contributed by atoms with E-state index < -0.39 is 18.4 Å². The number of carbonyl (C=O) groups excluding carboxylic acids is 1. The van der Waals surface area contributed by atoms with Gasteiger partial charge in [-0.15, -0.1) is 0 Å². The minimum Gasteiger partial charge on any atom is -0.350 e. The van der Waals surface area contributed by atoms with Crippen LogP contribution in [0.25, 0.3) is 11.0 Å². The number of amides is 1. The van der Waals surface area contributed by atoms with Crippen molar-refractivity contribution in [1.82, 2.24) is 24.6 Å². The van der Waals surface area contributed by atoms with Gasteiger partial charge in [0.15, 0.2) is 0 Å². The maximum atomic E-state index is 13.1. The number of benzene rings is 1. The van der Waals surface area contributed by atoms with E-state index in [1.165, 1.54) is 35.2 Å². The Morgan fingerprint density at radius 2 is 2.21 bits per heavy atom. The molecule has 0 aliphatic carbocycles. The Morgan fingerprint density at radius 3 is 2.88 bits per heavy atom. The minimum atomic E-state index is -2.67. The molecule has 24 heavy (non-hydrogen) atoms. The Morgan fingerprint density at radius 1 is 1.42 bits per heavy atom. The minimum absolute atomic E-state index is 0.262. The molecule has 1 aromatic carbocycles. The molecule has 0 spiro atoms. The molecule has 0 saturated heterocycles. The lowest BCUT2D eigenvalue weighted by Gasteiger charge is -2.17. The van der Waals surface area contributed by atoms with Gasteiger partial charge in [-0.1, -0.05) is 0 Å². The number of alkyl halides is 2. The molecule has 0 bridgehead atoms. The third-order valence-corrected chi connectivity index (χ3v) is 3.79. The van der Waals surface area contributed by atoms with Gasteiger partial charge < -0.3 is 10.3 Å². The molecule has 0 fully saturated rings. The lowest BCUT2D eigenvalue weighted by Crippen LogP contribution is -2.34. The summed E-state index contributed by atoms with van der Waals surface area (Å²) in [5.74, 6) is -0.497. The summed E-state index contributed by atoms with van der Waals surface area (Å²) in [6.45, 7) is -0.262. The number of hydrogen-bond donors (Lipinski definition) is 2. The highest BCUT2D eigenvalue weighted by Gasteiger charge is 2.23. The van der Waals surface area contributed by atoms with Gasteiger partial charge in [0.2, 0.25) is 0 Å². The molecule has 0 radical (unpaired) electrons. The molecule has 3 aromatic rings. The number of imidazole rings is 1. The number of nitrogens with one attached hydrogen (secondary N) is 2. The fraction of sp³-hybridized carbons (Fsp3) is 0.267. The molecule has 3 rings (SSSR count). The van der Waals surface area contributed by atoms with Gasteiger partial charge in [-0.25, -0.2) is 13.6 Å². The van der Waals surface area contributed by atoms with E-state index in [9.17, 15) is 18.4 Å². The molecule has 0 saturated carbocycles. The van der Waals surface area contributed by atoms with Crippen LogP contribution in [0.2, 0.25) is 0 Å². The van der Waals surface area contributed by atoms with Gasteiger partial charge in [-0.2, -0.15) is 5.10 Å². The predicted octanol–water partition coefficient (Wildman–Crippen LogP) is 1.30. The zero-order valence-corrected chi connectivity index (χ0v) is 12.7. The summed E-state index contributed by atoms with van der Waals surface area (Å²) in [6.07, 6.45) is 0.153. The molecule has 1 unspecified atom stereocenters. The number of nitrogens with zero attached hydrogens (tertiary/aromatic N) is 3. The van der Waals surface area contributed by atoms with Gasteiger partial charge in [0.25, 0.3) is 12.3 Å². The van der Waals surface area contributed by atoms with E-state index in [2.05, 4.69) is 15.4 Å². The lowest BCUT2D eigenvalue weighted by molar-refractivity contribution is 0.0715. The summed E-state index contributed by atoms with van der Waals surface area (Å²) in [6, 6.07) is 4.96. The molecule has 9 heteroatoms. The van der Waals surface area contributed by atoms with Crippen LogP contribution in [-0.2, 0) is 7.05 Å². The molecule has 1 amide bonds. The van der Waals surface area contributed by atoms with E-state index in [4.69, 9.17) is 0 Å². The number of H-pyrrole nitrogens is 1. The van der Waals surface area contributed by atoms with Crippen molar-refractivity contribution in [3.63, 3.8) is 0 Å². The van der Waals surface area contributed by atoms with Gasteiger partial charge in [0, 0.05) is 31.5 Å². The maximum Gasteiger partial charge on any atom is 0.326 e. The van der Waals surface area contributed by atoms with Crippen LogP contribution in [-0.4, -0.2) is 38.2 Å². The largest absolute Gasteiger partial charge is 0.350 e. The number of aromatic amines is 1. The number of aryl methyl sites for hydroxylation is 1. The molecule has 2 heterocycles. The summed E-state index contributed by atoms with van der Waals surface area (Å²) >= 11 is 0. The molecule has 126 valence electrons. The molecule has 1 atom stereocenters. The van der Waals surface area contributed by atoms with Crippen LogP contribution < -0.4 is 11.0 Å². The van der Waals surface area contributed by atoms with E-state index in [1.807, 2.05) is 0 Å². The summed E-state index contributed by atoms with van der Waals surface area (Å²) in [5, 5.41) is 6.27. The molecular weight excluding hydrogens is 320 g/mol. The number of carbonyl (C=O) groups is 1. The van der Waals surface area contributed by atoms with E-state index in [1.54, 1.807) is 13.1 Å². The number of aromatic nitrogens is 4. The van der Waals surface area contributed by atoms with E-state index in [0.29, 0.717) is 11.0 Å². The zero-order valence-electron chi connectivity index (χ0n) is 12.7. The third-order valence-electron chi connectivity index (χ3n) is 3.79. The second-order valence-electron chi connectivity index (χ2n) is 5.32. The van der Waals surface area contributed by atoms with Gasteiger partial charge in [-0.3, -0.25) is 14.0 Å². The van der Waals surface area contributed by atoms with Crippen molar-refractivity contribution < 1.29 is 13.6 Å². The van der Waals surface area contributed by atoms with Crippen LogP contribution >= 0.6 is 0 Å². The molecule has 0 aliphatic heterocycles. The summed E-state index contributed by atoms with van der Waals surface area (Å²) in [4.78, 5) is 26.4. The number of rotatable bonds is 5. The molecule has 2 N–H and O–H groups in total. The standard InChI is InChI=1S/C15H15F2N5O2/c1-21-11-7-9(3-4-10(11)20-15(21)24)14(23)18-8-12(13(16)17)22-6-2-5-19-22/h2-7,12-13H,8H2,1H3,(H,18,23)(H,20,24). The Kier molecular flexibility index (Phi) is 4.15. The fourth-order valence-electron chi connectivity index (χ4n) is 2.44. The topological polar surface area (TPSA) is 84.7 Å². The Bertz CT molecular complexity index is 914. The first-order valence-corrected chi connectivity index (χ1v) is 7.21. The van der Waals surface area contributed by atoms with Gasteiger partial charge in [0.05, 0.1) is 11.0 Å². The fourth-order valence-corrected chi connectivity index (χ4v) is 2.44. The normalized spacial score (nSPS) is 12.7. The lowest BCUT2D eigenvalue weighted by atomic mass is 10.2. The SMILES string of the molecule is Cn1c(=O)[nH]c2ccc(C(=O)NCC(C(F)F)n3cccn3)cc21. The third kappa shape index (κ3) is 2.92. The Hall–Kier alpha value is -2.97. The monoisotopic (exact) mass is 335 g/mol. The highest BCUT2D eigenvalue weighted by atomic mass is 19.3. The maximum absolute atomic E-state index is 13.1. The number of halogens is 2. The van der Waals surface area contributed by atoms with Crippen LogP contribution in [0.4, 0.5) is 8.78 Å². The van der Waals surface area contributed by atoms with E-state index >= 15 is 0 Å². The predicted molar refractivity (Wildman–Crippen MR) is 83.1 cm³/mol. The van der Waals surface area contributed by atoms with Crippen LogP contribution in [0.15, 0.2) is 41.5 Å². The van der Waals surface area contributed by atoms with Crippen LogP contribution in [0, 0.1) is 0 Å². The summed E-state index contributed by atoms with van der Waals surface area (Å²) in [7, 11) is 1.58. The second-order valence-corrected chi connectivity index (χ2v) is 5.32. The van der Waals surface area contributed by atoms with Crippen molar-refractivity contribution in [2.24, 2.45) is 7.05 Å². The second kappa shape index (κ2) is 6.26. The van der Waals surface area contributed by atoms with E-state index in [0.717, 1.165) is 4.68 Å². The Balaban J connectivity index is 1.77. The van der Waals surface area contributed by atoms with Crippen LogP contribution in [0.5, 0.6) is 0 Å². The molecule has 7 nitrogen and oxygen atoms in total. The average molecular weight is 335 g/mol. The number of hydrogen-bond acceptors (Lipinski definition) is 3. The van der Waals surface area contributed by atoms with Crippen molar-refractivity contribution in [2.75, 3.05) is 6.54 Å². The van der Waals surface area contributed by atoms with Crippen molar-refractivity contribution in [3.05, 3.63) is 52.7 Å². The molecule has 0 aliphatic rings. The van der Waals surface area contributed by atoms with Crippen molar-refractivity contribution in [3.8, 4) is 0 Å². The van der Waals surface area contributed by atoms with Gasteiger partial charge in [0.1, 0.15) is 6.04 Å². The van der Waals surface area contributed by atoms with Crippen molar-refractivity contribution in [1.29, 1.82) is 0 Å². The first kappa shape index (κ1) is 15.9. The van der Waals surface area contributed by atoms with Crippen molar-refractivity contribution in [2.45, 2.75) is 12.5 Å². The van der Waals surface area contributed by atoms with Crippen LogP contribution in [0.1, 0.15) is 16.4 Å². The summed E-state index contributed by atoms with van der Waals surface area (Å²) in [5.41, 5.74) is 1.15. The zero-order chi connectivity index (χ0) is 17.3. The average Bonchev–Trinajstić information content (AvgIpc) is 3.16.